The van der Waals surface area contributed by atoms with Crippen molar-refractivity contribution in [1.29, 1.82) is 0 Å². The molecule has 82 heavy (non-hydrogen) atoms. The van der Waals surface area contributed by atoms with Crippen molar-refractivity contribution >= 4 is 17.9 Å². The van der Waals surface area contributed by atoms with E-state index in [9.17, 15) is 14.4 Å². The largest absolute Gasteiger partial charge is 0.462 e. The van der Waals surface area contributed by atoms with Gasteiger partial charge in [0.15, 0.2) is 6.10 Å². The van der Waals surface area contributed by atoms with E-state index in [2.05, 4.69) is 191 Å². The van der Waals surface area contributed by atoms with E-state index in [0.717, 1.165) is 148 Å². The second-order valence-electron chi connectivity index (χ2n) is 21.3. The summed E-state index contributed by atoms with van der Waals surface area (Å²) in [6.07, 6.45) is 101. The SMILES string of the molecule is CC/C=C\C/C=C\C/C=C\C/C=C\C/C=C\C/C=C\C/C=C\C/C=C\C/C=C\CCCC(=O)OCC(COC(=O)CCCCCCC/C=C\CCCCCCC)OC(=O)CCCCCCCCCC/C=C\C/C=C\C/C=C\C/C=C\CC. The molecule has 6 heteroatoms. The van der Waals surface area contributed by atoms with Crippen LogP contribution in [0.5, 0.6) is 0 Å². The van der Waals surface area contributed by atoms with Crippen LogP contribution < -0.4 is 0 Å². The first kappa shape index (κ1) is 76.8. The van der Waals surface area contributed by atoms with Crippen molar-refractivity contribution in [2.45, 2.75) is 277 Å². The van der Waals surface area contributed by atoms with Crippen molar-refractivity contribution in [3.63, 3.8) is 0 Å². The predicted molar refractivity (Wildman–Crippen MR) is 357 cm³/mol. The number of esters is 3. The van der Waals surface area contributed by atoms with E-state index in [0.29, 0.717) is 19.3 Å². The molecule has 0 aliphatic carbocycles. The monoisotopic (exact) mass is 1130 g/mol. The molecule has 0 aliphatic heterocycles. The maximum Gasteiger partial charge on any atom is 0.306 e. The minimum absolute atomic E-state index is 0.111. The molecule has 0 heterocycles. The van der Waals surface area contributed by atoms with Gasteiger partial charge in [0.25, 0.3) is 0 Å². The van der Waals surface area contributed by atoms with Crippen LogP contribution in [0, 0.1) is 0 Å². The molecule has 6 nitrogen and oxygen atoms in total. The molecular formula is C76H120O6. The average molecular weight is 1130 g/mol. The van der Waals surface area contributed by atoms with E-state index in [1.807, 2.05) is 0 Å². The zero-order chi connectivity index (χ0) is 59.2. The van der Waals surface area contributed by atoms with Crippen LogP contribution in [0.25, 0.3) is 0 Å². The number of rotatable bonds is 58. The summed E-state index contributed by atoms with van der Waals surface area (Å²) in [5.41, 5.74) is 0. The van der Waals surface area contributed by atoms with Crippen LogP contribution in [0.15, 0.2) is 170 Å². The third kappa shape index (κ3) is 65.6. The summed E-state index contributed by atoms with van der Waals surface area (Å²) in [6.45, 7) is 6.34. The van der Waals surface area contributed by atoms with Crippen LogP contribution in [0.4, 0.5) is 0 Å². The summed E-state index contributed by atoms with van der Waals surface area (Å²) < 4.78 is 16.9. The van der Waals surface area contributed by atoms with Gasteiger partial charge in [-0.1, -0.05) is 274 Å². The number of hydrogen-bond acceptors (Lipinski definition) is 6. The summed E-state index contributed by atoms with van der Waals surface area (Å²) in [7, 11) is 0. The lowest BCUT2D eigenvalue weighted by Gasteiger charge is -2.18. The van der Waals surface area contributed by atoms with Crippen molar-refractivity contribution in [3.05, 3.63) is 170 Å². The highest BCUT2D eigenvalue weighted by molar-refractivity contribution is 5.71. The molecule has 0 aromatic rings. The molecule has 0 amide bonds. The van der Waals surface area contributed by atoms with Gasteiger partial charge in [0.05, 0.1) is 0 Å². The second-order valence-corrected chi connectivity index (χ2v) is 21.3. The smallest absolute Gasteiger partial charge is 0.306 e. The Kier molecular flexibility index (Phi) is 63.9. The van der Waals surface area contributed by atoms with Gasteiger partial charge in [0, 0.05) is 19.3 Å². The molecule has 0 fully saturated rings. The maximum atomic E-state index is 12.9. The summed E-state index contributed by atoms with van der Waals surface area (Å²) in [4.78, 5) is 38.3. The van der Waals surface area contributed by atoms with Gasteiger partial charge in [0.1, 0.15) is 13.2 Å². The molecule has 460 valence electrons. The van der Waals surface area contributed by atoms with Crippen molar-refractivity contribution < 1.29 is 28.6 Å². The van der Waals surface area contributed by atoms with Gasteiger partial charge in [-0.05, 0) is 148 Å². The molecule has 0 N–H and O–H groups in total. The highest BCUT2D eigenvalue weighted by Crippen LogP contribution is 2.14. The van der Waals surface area contributed by atoms with Gasteiger partial charge < -0.3 is 14.2 Å². The second kappa shape index (κ2) is 68.3. The Balaban J connectivity index is 4.49. The van der Waals surface area contributed by atoms with Crippen molar-refractivity contribution in [3.8, 4) is 0 Å². The molecule has 0 aliphatic rings. The number of hydrogen-bond donors (Lipinski definition) is 0. The molecule has 0 aromatic carbocycles. The Bertz CT molecular complexity index is 1870. The van der Waals surface area contributed by atoms with Gasteiger partial charge in [-0.3, -0.25) is 14.4 Å². The predicted octanol–water partition coefficient (Wildman–Crippen LogP) is 23.0. The van der Waals surface area contributed by atoms with Crippen LogP contribution >= 0.6 is 0 Å². The quantitative estimate of drug-likeness (QED) is 0.0261. The third-order valence-electron chi connectivity index (χ3n) is 13.4. The molecule has 1 atom stereocenters. The minimum Gasteiger partial charge on any atom is -0.462 e. The summed E-state index contributed by atoms with van der Waals surface area (Å²) in [5.74, 6) is -0.992. The van der Waals surface area contributed by atoms with Crippen molar-refractivity contribution in [2.24, 2.45) is 0 Å². The fourth-order valence-corrected chi connectivity index (χ4v) is 8.55. The Labute approximate surface area is 504 Å². The van der Waals surface area contributed by atoms with Crippen LogP contribution in [0.3, 0.4) is 0 Å². The summed E-state index contributed by atoms with van der Waals surface area (Å²) in [5, 5.41) is 0. The lowest BCUT2D eigenvalue weighted by atomic mass is 10.1. The van der Waals surface area contributed by atoms with Gasteiger partial charge in [0.2, 0.25) is 0 Å². The van der Waals surface area contributed by atoms with E-state index in [1.54, 1.807) is 0 Å². The van der Waals surface area contributed by atoms with Gasteiger partial charge in [-0.2, -0.15) is 0 Å². The van der Waals surface area contributed by atoms with Crippen molar-refractivity contribution in [2.75, 3.05) is 13.2 Å². The van der Waals surface area contributed by atoms with Crippen LogP contribution in [0.1, 0.15) is 271 Å². The lowest BCUT2D eigenvalue weighted by molar-refractivity contribution is -0.167. The summed E-state index contributed by atoms with van der Waals surface area (Å²) in [6, 6.07) is 0. The van der Waals surface area contributed by atoms with Crippen LogP contribution in [-0.2, 0) is 28.6 Å². The lowest BCUT2D eigenvalue weighted by Crippen LogP contribution is -2.30. The zero-order valence-corrected chi connectivity index (χ0v) is 52.7. The number of carbonyl (C=O) groups excluding carboxylic acids is 3. The molecule has 0 saturated heterocycles. The van der Waals surface area contributed by atoms with E-state index >= 15 is 0 Å². The highest BCUT2D eigenvalue weighted by Gasteiger charge is 2.19. The molecule has 0 rings (SSSR count). The topological polar surface area (TPSA) is 78.9 Å². The molecular weight excluding hydrogens is 1010 g/mol. The fraction of sp³-hybridized carbons (Fsp3) is 0.592. The van der Waals surface area contributed by atoms with E-state index in [4.69, 9.17) is 14.2 Å². The number of carbonyl (C=O) groups is 3. The normalized spacial score (nSPS) is 13.3. The molecule has 0 spiro atoms. The zero-order valence-electron chi connectivity index (χ0n) is 52.7. The highest BCUT2D eigenvalue weighted by atomic mass is 16.6. The van der Waals surface area contributed by atoms with E-state index in [1.165, 1.54) is 77.0 Å². The third-order valence-corrected chi connectivity index (χ3v) is 13.4. The van der Waals surface area contributed by atoms with E-state index < -0.39 is 6.10 Å². The number of unbranched alkanes of at least 4 members (excludes halogenated alkanes) is 19. The summed E-state index contributed by atoms with van der Waals surface area (Å²) >= 11 is 0. The molecule has 0 radical (unpaired) electrons. The number of ether oxygens (including phenoxy) is 3. The first-order chi connectivity index (χ1) is 40.5. The first-order valence-electron chi connectivity index (χ1n) is 33.1. The average Bonchev–Trinajstić information content (AvgIpc) is 3.47. The van der Waals surface area contributed by atoms with Crippen LogP contribution in [0.2, 0.25) is 0 Å². The van der Waals surface area contributed by atoms with Gasteiger partial charge in [-0.25, -0.2) is 0 Å². The number of allylic oxidation sites excluding steroid dienone is 28. The van der Waals surface area contributed by atoms with Crippen molar-refractivity contribution in [1.82, 2.24) is 0 Å². The standard InChI is InChI=1S/C76H120O6/c1-4-7-10-13-16-19-22-25-28-30-32-34-35-36-37-38-39-40-41-43-44-46-48-51-54-57-60-63-66-69-75(78)81-72-73(71-80-74(77)68-65-62-59-56-53-50-27-24-21-18-15-12-9-6-3)82-76(79)70-67-64-61-58-55-52-49-47-45-42-33-31-29-26-23-20-17-14-11-8-5-2/h7-8,10-11,16-17,19-20,24-29,32-34,36-37,39-40,42-44,48,51,57,60,73H,4-6,9,12-15,18,21-23,30-31,35,38,41,45-47,49-50,52-56,58-59,61-72H2,1-3H3/b10-7-,11-8-,19-16-,20-17-,27-24-,28-25-,29-26-,34-32-,37-36-,40-39-,42-33-,44-43-,51-48-,60-57-. The Morgan fingerprint density at radius 2 is 0.488 bits per heavy atom. The van der Waals surface area contributed by atoms with Gasteiger partial charge in [-0.15, -0.1) is 0 Å². The van der Waals surface area contributed by atoms with Gasteiger partial charge >= 0.3 is 17.9 Å². The first-order valence-corrected chi connectivity index (χ1v) is 33.1. The molecule has 0 bridgehead atoms. The Morgan fingerprint density at radius 3 is 0.805 bits per heavy atom. The molecule has 0 aromatic heterocycles. The fourth-order valence-electron chi connectivity index (χ4n) is 8.55. The van der Waals surface area contributed by atoms with E-state index in [-0.39, 0.29) is 37.5 Å². The van der Waals surface area contributed by atoms with Crippen LogP contribution in [-0.4, -0.2) is 37.2 Å². The Hall–Kier alpha value is -5.23. The molecule has 0 saturated carbocycles. The Morgan fingerprint density at radius 1 is 0.256 bits per heavy atom. The minimum atomic E-state index is -0.820. The maximum absolute atomic E-state index is 12.9. The molecule has 1 unspecified atom stereocenters.